The number of aromatic amines is 2. The van der Waals surface area contributed by atoms with Gasteiger partial charge in [0.05, 0.1) is 6.33 Å². The number of H-pyrrole nitrogens is 2. The maximum Gasteiger partial charge on any atom is 0.276 e. The van der Waals surface area contributed by atoms with E-state index in [0.29, 0.717) is 22.0 Å². The third kappa shape index (κ3) is 1.70. The second-order valence-electron chi connectivity index (χ2n) is 3.52. The molecule has 0 aliphatic rings. The second kappa shape index (κ2) is 3.71. The highest BCUT2D eigenvalue weighted by Gasteiger charge is 2.08. The molecule has 2 heterocycles. The van der Waals surface area contributed by atoms with Crippen LogP contribution in [0.5, 0.6) is 0 Å². The van der Waals surface area contributed by atoms with Crippen LogP contribution in [0.3, 0.4) is 0 Å². The number of nitrogens with one attached hydrogen (secondary N) is 2. The van der Waals surface area contributed by atoms with Crippen molar-refractivity contribution in [1.82, 2.24) is 19.9 Å². The van der Waals surface area contributed by atoms with Gasteiger partial charge in [-0.15, -0.1) is 0 Å². The number of hydrogen-bond acceptors (Lipinski definition) is 3. The SMILES string of the molecule is O=c1[nH]cnc2nc(-c3ccc(Cl)cc3)[nH]c12. The van der Waals surface area contributed by atoms with Crippen LogP contribution >= 0.6 is 11.6 Å². The summed E-state index contributed by atoms with van der Waals surface area (Å²) in [6, 6.07) is 7.19. The summed E-state index contributed by atoms with van der Waals surface area (Å²) in [5.41, 5.74) is 1.39. The Morgan fingerprint density at radius 2 is 1.94 bits per heavy atom. The lowest BCUT2D eigenvalue weighted by molar-refractivity contribution is 1.15. The quantitative estimate of drug-likeness (QED) is 0.689. The van der Waals surface area contributed by atoms with Crippen LogP contribution in [0, 0.1) is 0 Å². The number of benzene rings is 1. The number of halogens is 1. The maximum atomic E-state index is 11.5. The number of fused-ring (bicyclic) bond motifs is 1. The van der Waals surface area contributed by atoms with Crippen molar-refractivity contribution in [2.45, 2.75) is 0 Å². The summed E-state index contributed by atoms with van der Waals surface area (Å²) in [6.07, 6.45) is 1.33. The molecule has 5 nitrogen and oxygen atoms in total. The molecule has 84 valence electrons. The molecule has 0 unspecified atom stereocenters. The van der Waals surface area contributed by atoms with Gasteiger partial charge in [-0.2, -0.15) is 0 Å². The van der Waals surface area contributed by atoms with Crippen LogP contribution in [-0.4, -0.2) is 19.9 Å². The van der Waals surface area contributed by atoms with Gasteiger partial charge in [-0.3, -0.25) is 4.79 Å². The van der Waals surface area contributed by atoms with Gasteiger partial charge >= 0.3 is 0 Å². The van der Waals surface area contributed by atoms with E-state index in [1.165, 1.54) is 6.33 Å². The van der Waals surface area contributed by atoms with Crippen LogP contribution < -0.4 is 5.56 Å². The minimum Gasteiger partial charge on any atom is -0.332 e. The summed E-state index contributed by atoms with van der Waals surface area (Å²) in [7, 11) is 0. The zero-order chi connectivity index (χ0) is 11.8. The fraction of sp³-hybridized carbons (Fsp3) is 0. The van der Waals surface area contributed by atoms with Crippen LogP contribution in [0.25, 0.3) is 22.6 Å². The molecule has 0 aliphatic heterocycles. The van der Waals surface area contributed by atoms with Gasteiger partial charge in [0.15, 0.2) is 11.2 Å². The van der Waals surface area contributed by atoms with Crippen molar-refractivity contribution in [3.63, 3.8) is 0 Å². The minimum atomic E-state index is -0.234. The Bertz CT molecular complexity index is 729. The van der Waals surface area contributed by atoms with Gasteiger partial charge in [-0.05, 0) is 24.3 Å². The molecule has 3 aromatic rings. The van der Waals surface area contributed by atoms with Gasteiger partial charge < -0.3 is 9.97 Å². The van der Waals surface area contributed by atoms with Gasteiger partial charge in [0.2, 0.25) is 0 Å². The molecule has 0 aliphatic carbocycles. The summed E-state index contributed by atoms with van der Waals surface area (Å²) in [5.74, 6) is 0.598. The summed E-state index contributed by atoms with van der Waals surface area (Å²) in [6.45, 7) is 0. The number of aromatic nitrogens is 4. The first kappa shape index (κ1) is 10.0. The highest BCUT2D eigenvalue weighted by Crippen LogP contribution is 2.19. The lowest BCUT2D eigenvalue weighted by Crippen LogP contribution is -2.05. The maximum absolute atomic E-state index is 11.5. The molecule has 2 aromatic heterocycles. The third-order valence-electron chi connectivity index (χ3n) is 2.41. The molecule has 17 heavy (non-hydrogen) atoms. The molecule has 0 amide bonds. The standard InChI is InChI=1S/C11H7ClN4O/c12-7-3-1-6(2-4-7)9-15-8-10(16-9)13-5-14-11(8)17/h1-5H,(H2,13,14,15,16,17). The van der Waals surface area contributed by atoms with Gasteiger partial charge in [0, 0.05) is 10.6 Å². The van der Waals surface area contributed by atoms with E-state index in [0.717, 1.165) is 5.56 Å². The second-order valence-corrected chi connectivity index (χ2v) is 3.96. The predicted molar refractivity (Wildman–Crippen MR) is 65.0 cm³/mol. The zero-order valence-corrected chi connectivity index (χ0v) is 9.32. The Morgan fingerprint density at radius 1 is 1.18 bits per heavy atom. The highest BCUT2D eigenvalue weighted by molar-refractivity contribution is 6.30. The van der Waals surface area contributed by atoms with E-state index in [1.807, 2.05) is 12.1 Å². The first-order valence-corrected chi connectivity index (χ1v) is 5.31. The Labute approximate surface area is 101 Å². The van der Waals surface area contributed by atoms with E-state index < -0.39 is 0 Å². The van der Waals surface area contributed by atoms with Gasteiger partial charge in [-0.1, -0.05) is 11.6 Å². The summed E-state index contributed by atoms with van der Waals surface area (Å²) >= 11 is 5.81. The summed E-state index contributed by atoms with van der Waals surface area (Å²) in [4.78, 5) is 25.1. The van der Waals surface area contributed by atoms with Crippen LogP contribution in [0.1, 0.15) is 0 Å². The molecule has 0 saturated carbocycles. The molecule has 3 rings (SSSR count). The molecule has 0 spiro atoms. The molecule has 1 aromatic carbocycles. The Balaban J connectivity index is 2.21. The molecule has 0 saturated heterocycles. The Kier molecular flexibility index (Phi) is 2.19. The van der Waals surface area contributed by atoms with Crippen molar-refractivity contribution in [3.8, 4) is 11.4 Å². The van der Waals surface area contributed by atoms with E-state index in [2.05, 4.69) is 19.9 Å². The molecule has 0 atom stereocenters. The van der Waals surface area contributed by atoms with Crippen LogP contribution in [0.4, 0.5) is 0 Å². The largest absolute Gasteiger partial charge is 0.332 e. The average Bonchev–Trinajstić information content (AvgIpc) is 2.75. The third-order valence-corrected chi connectivity index (χ3v) is 2.66. The minimum absolute atomic E-state index is 0.234. The normalized spacial score (nSPS) is 10.9. The Hall–Kier alpha value is -2.14. The van der Waals surface area contributed by atoms with Crippen molar-refractivity contribution < 1.29 is 0 Å². The van der Waals surface area contributed by atoms with Crippen molar-refractivity contribution >= 4 is 22.8 Å². The lowest BCUT2D eigenvalue weighted by atomic mass is 10.2. The average molecular weight is 247 g/mol. The van der Waals surface area contributed by atoms with Gasteiger partial charge in [0.1, 0.15) is 5.82 Å². The van der Waals surface area contributed by atoms with Crippen LogP contribution in [0.15, 0.2) is 35.4 Å². The van der Waals surface area contributed by atoms with Gasteiger partial charge in [-0.25, -0.2) is 9.97 Å². The number of hydrogen-bond donors (Lipinski definition) is 2. The van der Waals surface area contributed by atoms with E-state index in [1.54, 1.807) is 12.1 Å². The zero-order valence-electron chi connectivity index (χ0n) is 8.57. The molecule has 6 heteroatoms. The number of imidazole rings is 1. The van der Waals surface area contributed by atoms with E-state index in [4.69, 9.17) is 11.6 Å². The summed E-state index contributed by atoms with van der Waals surface area (Å²) in [5, 5.41) is 0.654. The molecule has 0 radical (unpaired) electrons. The molecule has 2 N–H and O–H groups in total. The first-order valence-electron chi connectivity index (χ1n) is 4.93. The number of nitrogens with zero attached hydrogens (tertiary/aromatic N) is 2. The van der Waals surface area contributed by atoms with Crippen molar-refractivity contribution in [2.75, 3.05) is 0 Å². The van der Waals surface area contributed by atoms with E-state index in [-0.39, 0.29) is 5.56 Å². The van der Waals surface area contributed by atoms with E-state index >= 15 is 0 Å². The smallest absolute Gasteiger partial charge is 0.276 e. The monoisotopic (exact) mass is 246 g/mol. The van der Waals surface area contributed by atoms with Crippen molar-refractivity contribution in [3.05, 3.63) is 46.0 Å². The van der Waals surface area contributed by atoms with Crippen LogP contribution in [0.2, 0.25) is 5.02 Å². The lowest BCUT2D eigenvalue weighted by Gasteiger charge is -1.95. The summed E-state index contributed by atoms with van der Waals surface area (Å²) < 4.78 is 0. The van der Waals surface area contributed by atoms with E-state index in [9.17, 15) is 4.79 Å². The molecule has 0 fully saturated rings. The molecular weight excluding hydrogens is 240 g/mol. The van der Waals surface area contributed by atoms with Gasteiger partial charge in [0.25, 0.3) is 5.56 Å². The number of rotatable bonds is 1. The highest BCUT2D eigenvalue weighted by atomic mass is 35.5. The fourth-order valence-corrected chi connectivity index (χ4v) is 1.71. The fourth-order valence-electron chi connectivity index (χ4n) is 1.58. The van der Waals surface area contributed by atoms with Crippen molar-refractivity contribution in [1.29, 1.82) is 0 Å². The topological polar surface area (TPSA) is 74.4 Å². The molecule has 0 bridgehead atoms. The predicted octanol–water partition coefficient (Wildman–Crippen LogP) is 1.97. The Morgan fingerprint density at radius 3 is 2.65 bits per heavy atom. The van der Waals surface area contributed by atoms with Crippen LogP contribution in [-0.2, 0) is 0 Å². The first-order chi connectivity index (χ1) is 8.24. The van der Waals surface area contributed by atoms with Crippen molar-refractivity contribution in [2.24, 2.45) is 0 Å². The molecular formula is C11H7ClN4O.